The van der Waals surface area contributed by atoms with E-state index >= 15 is 0 Å². The largest absolute Gasteiger partial charge is 0.367 e. The summed E-state index contributed by atoms with van der Waals surface area (Å²) in [4.78, 5) is 9.11. The number of piperidine rings is 1. The van der Waals surface area contributed by atoms with E-state index in [0.717, 1.165) is 30.4 Å². The molecule has 2 N–H and O–H groups in total. The summed E-state index contributed by atoms with van der Waals surface area (Å²) in [7, 11) is 0. The molecule has 2 rings (SSSR count). The maximum atomic E-state index is 4.63. The Bertz CT molecular complexity index is 411. The van der Waals surface area contributed by atoms with E-state index in [2.05, 4.69) is 41.4 Å². The Hall–Kier alpha value is -1.16. The van der Waals surface area contributed by atoms with Crippen molar-refractivity contribution >= 4 is 5.82 Å². The number of nitrogens with zero attached hydrogens (tertiary/aromatic N) is 2. The Kier molecular flexibility index (Phi) is 4.75. The summed E-state index contributed by atoms with van der Waals surface area (Å²) in [6, 6.07) is 2.49. The monoisotopic (exact) mass is 262 g/mol. The third kappa shape index (κ3) is 3.90. The van der Waals surface area contributed by atoms with E-state index in [4.69, 9.17) is 0 Å². The van der Waals surface area contributed by atoms with Gasteiger partial charge < -0.3 is 10.6 Å². The molecule has 19 heavy (non-hydrogen) atoms. The van der Waals surface area contributed by atoms with Gasteiger partial charge in [0.15, 0.2) is 0 Å². The molecule has 1 aliphatic rings. The lowest BCUT2D eigenvalue weighted by molar-refractivity contribution is 0.346. The van der Waals surface area contributed by atoms with Crippen molar-refractivity contribution in [1.82, 2.24) is 15.3 Å². The SMILES string of the molecule is Cc1cc(NC(C)C2CCCNC2)nc(C(C)C)n1. The van der Waals surface area contributed by atoms with Crippen LogP contribution in [-0.4, -0.2) is 29.1 Å². The van der Waals surface area contributed by atoms with E-state index in [1.54, 1.807) is 0 Å². The van der Waals surface area contributed by atoms with Crippen LogP contribution in [0.5, 0.6) is 0 Å². The van der Waals surface area contributed by atoms with Gasteiger partial charge in [0.05, 0.1) is 0 Å². The van der Waals surface area contributed by atoms with Crippen molar-refractivity contribution in [3.8, 4) is 0 Å². The van der Waals surface area contributed by atoms with Crippen LogP contribution in [0.25, 0.3) is 0 Å². The zero-order valence-electron chi connectivity index (χ0n) is 12.5. The fourth-order valence-electron chi connectivity index (χ4n) is 2.58. The van der Waals surface area contributed by atoms with E-state index in [1.165, 1.54) is 12.8 Å². The molecule has 2 heterocycles. The van der Waals surface area contributed by atoms with Crippen molar-refractivity contribution in [2.24, 2.45) is 5.92 Å². The summed E-state index contributed by atoms with van der Waals surface area (Å²) in [5.41, 5.74) is 1.04. The molecular formula is C15H26N4. The van der Waals surface area contributed by atoms with Crippen LogP contribution in [0.2, 0.25) is 0 Å². The predicted octanol–water partition coefficient (Wildman–Crippen LogP) is 2.71. The van der Waals surface area contributed by atoms with Gasteiger partial charge in [0.1, 0.15) is 11.6 Å². The lowest BCUT2D eigenvalue weighted by atomic mass is 9.93. The first kappa shape index (κ1) is 14.3. The number of anilines is 1. The Balaban J connectivity index is 2.05. The molecular weight excluding hydrogens is 236 g/mol. The first-order chi connectivity index (χ1) is 9.06. The molecule has 0 bridgehead atoms. The van der Waals surface area contributed by atoms with Crippen LogP contribution in [0.15, 0.2) is 6.07 Å². The van der Waals surface area contributed by atoms with Gasteiger partial charge in [-0.25, -0.2) is 9.97 Å². The number of hydrogen-bond donors (Lipinski definition) is 2. The number of hydrogen-bond acceptors (Lipinski definition) is 4. The van der Waals surface area contributed by atoms with Gasteiger partial charge in [0.25, 0.3) is 0 Å². The molecule has 4 heteroatoms. The second kappa shape index (κ2) is 6.33. The van der Waals surface area contributed by atoms with Crippen molar-refractivity contribution in [3.05, 3.63) is 17.6 Å². The molecule has 106 valence electrons. The summed E-state index contributed by atoms with van der Waals surface area (Å²) >= 11 is 0. The second-order valence-electron chi connectivity index (χ2n) is 5.95. The normalized spacial score (nSPS) is 21.4. The predicted molar refractivity (Wildman–Crippen MR) is 79.5 cm³/mol. The average Bonchev–Trinajstić information content (AvgIpc) is 2.39. The molecule has 2 unspecified atom stereocenters. The minimum Gasteiger partial charge on any atom is -0.367 e. The quantitative estimate of drug-likeness (QED) is 0.876. The maximum Gasteiger partial charge on any atom is 0.133 e. The molecule has 1 saturated heterocycles. The zero-order chi connectivity index (χ0) is 13.8. The van der Waals surface area contributed by atoms with Crippen molar-refractivity contribution in [2.45, 2.75) is 52.5 Å². The molecule has 0 aromatic carbocycles. The first-order valence-electron chi connectivity index (χ1n) is 7.39. The third-order valence-corrected chi connectivity index (χ3v) is 3.81. The third-order valence-electron chi connectivity index (χ3n) is 3.81. The van der Waals surface area contributed by atoms with Gasteiger partial charge in [-0.1, -0.05) is 13.8 Å². The van der Waals surface area contributed by atoms with E-state index in [1.807, 2.05) is 13.0 Å². The van der Waals surface area contributed by atoms with Crippen molar-refractivity contribution in [3.63, 3.8) is 0 Å². The molecule has 2 atom stereocenters. The lowest BCUT2D eigenvalue weighted by Crippen LogP contribution is -2.39. The van der Waals surface area contributed by atoms with Gasteiger partial charge in [-0.05, 0) is 45.7 Å². The Labute approximate surface area is 116 Å². The van der Waals surface area contributed by atoms with Crippen LogP contribution in [0.3, 0.4) is 0 Å². The maximum absolute atomic E-state index is 4.63. The highest BCUT2D eigenvalue weighted by Gasteiger charge is 2.20. The average molecular weight is 262 g/mol. The number of aromatic nitrogens is 2. The summed E-state index contributed by atoms with van der Waals surface area (Å²) in [6.45, 7) is 10.8. The number of aryl methyl sites for hydroxylation is 1. The highest BCUT2D eigenvalue weighted by atomic mass is 15.1. The van der Waals surface area contributed by atoms with Gasteiger partial charge in [-0.3, -0.25) is 0 Å². The van der Waals surface area contributed by atoms with Gasteiger partial charge in [0.2, 0.25) is 0 Å². The Morgan fingerprint density at radius 1 is 1.32 bits per heavy atom. The highest BCUT2D eigenvalue weighted by molar-refractivity contribution is 5.37. The minimum atomic E-state index is 0.368. The molecule has 1 aliphatic heterocycles. The van der Waals surface area contributed by atoms with Gasteiger partial charge >= 0.3 is 0 Å². The molecule has 1 fully saturated rings. The zero-order valence-corrected chi connectivity index (χ0v) is 12.5. The van der Waals surface area contributed by atoms with Crippen molar-refractivity contribution < 1.29 is 0 Å². The molecule has 0 radical (unpaired) electrons. The van der Waals surface area contributed by atoms with Crippen LogP contribution < -0.4 is 10.6 Å². The van der Waals surface area contributed by atoms with E-state index < -0.39 is 0 Å². The molecule has 1 aromatic heterocycles. The van der Waals surface area contributed by atoms with Gasteiger partial charge in [-0.2, -0.15) is 0 Å². The van der Waals surface area contributed by atoms with Crippen molar-refractivity contribution in [2.75, 3.05) is 18.4 Å². The molecule has 0 spiro atoms. The number of rotatable bonds is 4. The number of nitrogens with one attached hydrogen (secondary N) is 2. The Morgan fingerprint density at radius 2 is 2.11 bits per heavy atom. The van der Waals surface area contributed by atoms with Gasteiger partial charge in [0, 0.05) is 23.7 Å². The fraction of sp³-hybridized carbons (Fsp3) is 0.733. The summed E-state index contributed by atoms with van der Waals surface area (Å²) < 4.78 is 0. The van der Waals surface area contributed by atoms with Gasteiger partial charge in [-0.15, -0.1) is 0 Å². The molecule has 0 aliphatic carbocycles. The highest BCUT2D eigenvalue weighted by Crippen LogP contribution is 2.19. The van der Waals surface area contributed by atoms with Crippen LogP contribution in [-0.2, 0) is 0 Å². The van der Waals surface area contributed by atoms with E-state index in [0.29, 0.717) is 17.9 Å². The second-order valence-corrected chi connectivity index (χ2v) is 5.95. The Morgan fingerprint density at radius 3 is 2.74 bits per heavy atom. The van der Waals surface area contributed by atoms with E-state index in [-0.39, 0.29) is 0 Å². The van der Waals surface area contributed by atoms with Crippen LogP contribution >= 0.6 is 0 Å². The van der Waals surface area contributed by atoms with E-state index in [9.17, 15) is 0 Å². The minimum absolute atomic E-state index is 0.368. The molecule has 0 saturated carbocycles. The first-order valence-corrected chi connectivity index (χ1v) is 7.39. The topological polar surface area (TPSA) is 49.8 Å². The molecule has 1 aromatic rings. The standard InChI is InChI=1S/C15H26N4/c1-10(2)15-17-11(3)8-14(19-15)18-12(4)13-6-5-7-16-9-13/h8,10,12-13,16H,5-7,9H2,1-4H3,(H,17,18,19). The molecule has 4 nitrogen and oxygen atoms in total. The summed E-state index contributed by atoms with van der Waals surface area (Å²) in [5, 5.41) is 7.03. The van der Waals surface area contributed by atoms with Crippen LogP contribution in [0.4, 0.5) is 5.82 Å². The molecule has 0 amide bonds. The summed E-state index contributed by atoms with van der Waals surface area (Å²) in [5.74, 6) is 2.95. The summed E-state index contributed by atoms with van der Waals surface area (Å²) in [6.07, 6.45) is 2.57. The van der Waals surface area contributed by atoms with Crippen LogP contribution in [0.1, 0.15) is 51.0 Å². The van der Waals surface area contributed by atoms with Crippen molar-refractivity contribution in [1.29, 1.82) is 0 Å². The lowest BCUT2D eigenvalue weighted by Gasteiger charge is -2.29. The van der Waals surface area contributed by atoms with Crippen LogP contribution in [0, 0.1) is 12.8 Å². The smallest absolute Gasteiger partial charge is 0.133 e. The fourth-order valence-corrected chi connectivity index (χ4v) is 2.58.